The molecular formula is C20H16ClN3OS. The second-order valence-electron chi connectivity index (χ2n) is 5.39. The van der Waals surface area contributed by atoms with E-state index < -0.39 is 0 Å². The molecule has 6 heteroatoms. The molecule has 0 fully saturated rings. The third-order valence-electron chi connectivity index (χ3n) is 3.49. The van der Waals surface area contributed by atoms with Gasteiger partial charge in [-0.2, -0.15) is 5.10 Å². The van der Waals surface area contributed by atoms with E-state index in [4.69, 9.17) is 11.6 Å². The van der Waals surface area contributed by atoms with Crippen LogP contribution < -0.4 is 5.43 Å². The number of hydrogen-bond donors (Lipinski definition) is 1. The maximum Gasteiger partial charge on any atom is 0.271 e. The Kier molecular flexibility index (Phi) is 6.41. The van der Waals surface area contributed by atoms with Crippen LogP contribution in [0.3, 0.4) is 0 Å². The molecule has 1 aromatic heterocycles. The third kappa shape index (κ3) is 5.44. The Morgan fingerprint density at radius 2 is 1.85 bits per heavy atom. The first-order valence-electron chi connectivity index (χ1n) is 7.92. The van der Waals surface area contributed by atoms with Gasteiger partial charge >= 0.3 is 0 Å². The van der Waals surface area contributed by atoms with Gasteiger partial charge < -0.3 is 0 Å². The molecule has 0 saturated carbocycles. The molecule has 4 nitrogen and oxygen atoms in total. The molecule has 1 heterocycles. The van der Waals surface area contributed by atoms with E-state index in [1.54, 1.807) is 30.1 Å². The van der Waals surface area contributed by atoms with Gasteiger partial charge in [-0.3, -0.25) is 9.78 Å². The SMILES string of the molecule is O=C(N/N=C\c1ccccn1)c1ccc(CSc2ccc(Cl)cc2)cc1. The lowest BCUT2D eigenvalue weighted by atomic mass is 10.1. The van der Waals surface area contributed by atoms with Gasteiger partial charge in [0.05, 0.1) is 11.9 Å². The molecule has 0 bridgehead atoms. The van der Waals surface area contributed by atoms with Gasteiger partial charge in [-0.15, -0.1) is 11.8 Å². The molecule has 2 aromatic carbocycles. The van der Waals surface area contributed by atoms with E-state index in [0.717, 1.165) is 21.2 Å². The number of carbonyl (C=O) groups excluding carboxylic acids is 1. The number of benzene rings is 2. The number of aromatic nitrogens is 1. The molecular weight excluding hydrogens is 366 g/mol. The number of hydrogen-bond acceptors (Lipinski definition) is 4. The van der Waals surface area contributed by atoms with Crippen molar-refractivity contribution in [2.75, 3.05) is 0 Å². The van der Waals surface area contributed by atoms with E-state index >= 15 is 0 Å². The summed E-state index contributed by atoms with van der Waals surface area (Å²) in [7, 11) is 0. The fourth-order valence-corrected chi connectivity index (χ4v) is 3.10. The monoisotopic (exact) mass is 381 g/mol. The van der Waals surface area contributed by atoms with Crippen molar-refractivity contribution in [3.8, 4) is 0 Å². The van der Waals surface area contributed by atoms with Crippen LogP contribution in [-0.2, 0) is 5.75 Å². The maximum atomic E-state index is 12.1. The summed E-state index contributed by atoms with van der Waals surface area (Å²) in [6.07, 6.45) is 3.18. The highest BCUT2D eigenvalue weighted by Crippen LogP contribution is 2.24. The topological polar surface area (TPSA) is 54.4 Å². The van der Waals surface area contributed by atoms with Gasteiger partial charge in [-0.05, 0) is 54.1 Å². The van der Waals surface area contributed by atoms with Crippen molar-refractivity contribution in [2.24, 2.45) is 5.10 Å². The molecule has 0 unspecified atom stereocenters. The lowest BCUT2D eigenvalue weighted by Crippen LogP contribution is -2.17. The van der Waals surface area contributed by atoms with Gasteiger partial charge in [0, 0.05) is 27.4 Å². The number of thioether (sulfide) groups is 1. The first kappa shape index (κ1) is 18.2. The Hall–Kier alpha value is -2.63. The standard InChI is InChI=1S/C20H16ClN3OS/c21-17-8-10-19(11-9-17)26-14-15-4-6-16(7-5-15)20(25)24-23-13-18-3-1-2-12-22-18/h1-13H,14H2,(H,24,25)/b23-13-. The summed E-state index contributed by atoms with van der Waals surface area (Å²) < 4.78 is 0. The van der Waals surface area contributed by atoms with Gasteiger partial charge in [0.1, 0.15) is 0 Å². The van der Waals surface area contributed by atoms with Crippen molar-refractivity contribution < 1.29 is 4.79 Å². The lowest BCUT2D eigenvalue weighted by molar-refractivity contribution is 0.0955. The van der Waals surface area contributed by atoms with Crippen LogP contribution in [0.1, 0.15) is 21.6 Å². The molecule has 130 valence electrons. The largest absolute Gasteiger partial charge is 0.271 e. The summed E-state index contributed by atoms with van der Waals surface area (Å²) in [5, 5.41) is 4.65. The summed E-state index contributed by atoms with van der Waals surface area (Å²) in [5.41, 5.74) is 4.88. The normalized spacial score (nSPS) is 10.8. The van der Waals surface area contributed by atoms with Gasteiger partial charge in [0.2, 0.25) is 0 Å². The molecule has 0 spiro atoms. The van der Waals surface area contributed by atoms with Crippen LogP contribution in [0.15, 0.2) is 82.9 Å². The smallest absolute Gasteiger partial charge is 0.267 e. The number of nitrogens with one attached hydrogen (secondary N) is 1. The second kappa shape index (κ2) is 9.17. The van der Waals surface area contributed by atoms with Gasteiger partial charge in [0.25, 0.3) is 5.91 Å². The average Bonchev–Trinajstić information content (AvgIpc) is 2.69. The highest BCUT2D eigenvalue weighted by atomic mass is 35.5. The number of rotatable bonds is 6. The second-order valence-corrected chi connectivity index (χ2v) is 6.88. The van der Waals surface area contributed by atoms with Crippen LogP contribution in [0.5, 0.6) is 0 Å². The lowest BCUT2D eigenvalue weighted by Gasteiger charge is -2.04. The Morgan fingerprint density at radius 3 is 2.54 bits per heavy atom. The summed E-state index contributed by atoms with van der Waals surface area (Å²) >= 11 is 7.60. The fraction of sp³-hybridized carbons (Fsp3) is 0.0500. The van der Waals surface area contributed by atoms with E-state index in [1.165, 1.54) is 6.21 Å². The van der Waals surface area contributed by atoms with Crippen LogP contribution in [-0.4, -0.2) is 17.1 Å². The zero-order valence-electron chi connectivity index (χ0n) is 13.8. The molecule has 0 aliphatic carbocycles. The predicted octanol–water partition coefficient (Wildman–Crippen LogP) is 4.79. The van der Waals surface area contributed by atoms with Crippen molar-refractivity contribution >= 4 is 35.5 Å². The summed E-state index contributed by atoms with van der Waals surface area (Å²) in [5.74, 6) is 0.565. The number of pyridine rings is 1. The van der Waals surface area contributed by atoms with Gasteiger partial charge in [0.15, 0.2) is 0 Å². The molecule has 0 atom stereocenters. The Labute approximate surface area is 161 Å². The average molecular weight is 382 g/mol. The van der Waals surface area contributed by atoms with Gasteiger partial charge in [-0.1, -0.05) is 29.8 Å². The van der Waals surface area contributed by atoms with E-state index in [1.807, 2.05) is 54.6 Å². The molecule has 3 rings (SSSR count). The Morgan fingerprint density at radius 1 is 1.08 bits per heavy atom. The van der Waals surface area contributed by atoms with Crippen molar-refractivity contribution in [1.29, 1.82) is 0 Å². The predicted molar refractivity (Wildman–Crippen MR) is 107 cm³/mol. The fourth-order valence-electron chi connectivity index (χ4n) is 2.12. The van der Waals surface area contributed by atoms with Crippen molar-refractivity contribution in [2.45, 2.75) is 10.6 Å². The van der Waals surface area contributed by atoms with Crippen LogP contribution in [0.25, 0.3) is 0 Å². The van der Waals surface area contributed by atoms with E-state index in [2.05, 4.69) is 15.5 Å². The highest BCUT2D eigenvalue weighted by molar-refractivity contribution is 7.98. The highest BCUT2D eigenvalue weighted by Gasteiger charge is 2.04. The molecule has 1 N–H and O–H groups in total. The first-order valence-corrected chi connectivity index (χ1v) is 9.29. The zero-order chi connectivity index (χ0) is 18.2. The molecule has 1 amide bonds. The molecule has 26 heavy (non-hydrogen) atoms. The number of nitrogens with zero attached hydrogens (tertiary/aromatic N) is 2. The molecule has 0 aliphatic rings. The molecule has 0 radical (unpaired) electrons. The molecule has 3 aromatic rings. The number of amides is 1. The molecule has 0 saturated heterocycles. The van der Waals surface area contributed by atoms with Crippen LogP contribution >= 0.6 is 23.4 Å². The van der Waals surface area contributed by atoms with Crippen LogP contribution in [0.2, 0.25) is 5.02 Å². The Balaban J connectivity index is 1.52. The van der Waals surface area contributed by atoms with Crippen molar-refractivity contribution in [1.82, 2.24) is 10.4 Å². The van der Waals surface area contributed by atoms with E-state index in [0.29, 0.717) is 11.3 Å². The summed E-state index contributed by atoms with van der Waals surface area (Å²) in [4.78, 5) is 17.3. The zero-order valence-corrected chi connectivity index (χ0v) is 15.4. The van der Waals surface area contributed by atoms with Crippen molar-refractivity contribution in [3.05, 3.63) is 94.8 Å². The number of halogens is 1. The maximum absolute atomic E-state index is 12.1. The minimum Gasteiger partial charge on any atom is -0.267 e. The first-order chi connectivity index (χ1) is 12.7. The summed E-state index contributed by atoms with van der Waals surface area (Å²) in [6, 6.07) is 20.7. The van der Waals surface area contributed by atoms with E-state index in [-0.39, 0.29) is 5.91 Å². The van der Waals surface area contributed by atoms with Gasteiger partial charge in [-0.25, -0.2) is 5.43 Å². The van der Waals surface area contributed by atoms with Crippen molar-refractivity contribution in [3.63, 3.8) is 0 Å². The minimum absolute atomic E-state index is 0.255. The van der Waals surface area contributed by atoms with Crippen LogP contribution in [0.4, 0.5) is 0 Å². The Bertz CT molecular complexity index is 881. The van der Waals surface area contributed by atoms with E-state index in [9.17, 15) is 4.79 Å². The van der Waals surface area contributed by atoms with Crippen LogP contribution in [0, 0.1) is 0 Å². The minimum atomic E-state index is -0.255. The quantitative estimate of drug-likeness (QED) is 0.379. The summed E-state index contributed by atoms with van der Waals surface area (Å²) in [6.45, 7) is 0. The molecule has 0 aliphatic heterocycles. The number of carbonyl (C=O) groups is 1. The number of hydrazone groups is 1. The third-order valence-corrected chi connectivity index (χ3v) is 4.82.